The predicted octanol–water partition coefficient (Wildman–Crippen LogP) is 0.702. The molecule has 0 aliphatic heterocycles. The molecule has 7 heteroatoms. The minimum Gasteiger partial charge on any atom is -0.464 e. The van der Waals surface area contributed by atoms with Gasteiger partial charge in [-0.3, -0.25) is 4.79 Å². The number of carbonyl (C=O) groups excluding carboxylic acids is 3. The average molecular weight is 272 g/mol. The molecule has 108 valence electrons. The summed E-state index contributed by atoms with van der Waals surface area (Å²) >= 11 is 0. The Morgan fingerprint density at radius 1 is 1.21 bits per heavy atom. The van der Waals surface area contributed by atoms with Crippen LogP contribution in [0.5, 0.6) is 0 Å². The fourth-order valence-corrected chi connectivity index (χ4v) is 0.981. The molecule has 7 nitrogen and oxygen atoms in total. The van der Waals surface area contributed by atoms with Crippen LogP contribution in [0.3, 0.4) is 0 Å². The van der Waals surface area contributed by atoms with E-state index in [1.807, 2.05) is 0 Å². The van der Waals surface area contributed by atoms with Gasteiger partial charge in [0.25, 0.3) is 0 Å². The Labute approximate surface area is 112 Å². The summed E-state index contributed by atoms with van der Waals surface area (Å²) in [5.41, 5.74) is -0.860. The van der Waals surface area contributed by atoms with Gasteiger partial charge in [0.2, 0.25) is 5.91 Å². The molecular weight excluding hydrogens is 252 g/mol. The molecule has 0 spiro atoms. The molecule has 1 atom stereocenters. The number of carbonyl (C=O) groups is 3. The molecule has 0 heterocycles. The van der Waals surface area contributed by atoms with Crippen molar-refractivity contribution >= 4 is 18.0 Å². The van der Waals surface area contributed by atoms with Gasteiger partial charge in [0.15, 0.2) is 0 Å². The molecule has 19 heavy (non-hydrogen) atoms. The van der Waals surface area contributed by atoms with Crippen LogP contribution in [0.2, 0.25) is 0 Å². The maximum Gasteiger partial charge on any atom is 0.408 e. The predicted molar refractivity (Wildman–Crippen MR) is 68.1 cm³/mol. The first-order chi connectivity index (χ1) is 8.56. The van der Waals surface area contributed by atoms with Crippen molar-refractivity contribution in [2.24, 2.45) is 0 Å². The van der Waals surface area contributed by atoms with Crippen LogP contribution >= 0.6 is 0 Å². The quantitative estimate of drug-likeness (QED) is 0.580. The summed E-state index contributed by atoms with van der Waals surface area (Å²) < 4.78 is 9.36. The first kappa shape index (κ1) is 16.9. The summed E-state index contributed by atoms with van der Waals surface area (Å²) in [5.74, 6) is -1.35. The summed E-state index contributed by atoms with van der Waals surface area (Å²) in [4.78, 5) is 34.1. The number of rotatable bonds is 4. The average Bonchev–Trinajstić information content (AvgIpc) is 2.24. The molecule has 2 amide bonds. The van der Waals surface area contributed by atoms with Crippen molar-refractivity contribution in [3.63, 3.8) is 0 Å². The number of methoxy groups -OCH3 is 1. The summed E-state index contributed by atoms with van der Waals surface area (Å²) in [6.07, 6.45) is -0.723. The summed E-state index contributed by atoms with van der Waals surface area (Å²) in [7, 11) is 1.17. The van der Waals surface area contributed by atoms with Crippen LogP contribution in [-0.4, -0.2) is 36.7 Å². The third-order valence-corrected chi connectivity index (χ3v) is 1.83. The van der Waals surface area contributed by atoms with E-state index in [0.717, 1.165) is 0 Å². The number of hydrogen-bond donors (Lipinski definition) is 2. The minimum atomic E-state index is -0.878. The van der Waals surface area contributed by atoms with Crippen LogP contribution in [-0.2, 0) is 19.1 Å². The lowest BCUT2D eigenvalue weighted by molar-refractivity contribution is -0.137. The fourth-order valence-electron chi connectivity index (χ4n) is 0.981. The standard InChI is InChI=1S/C12H20N2O5/c1-7(14-11(17)19-12(3,4)5)9(15)13-8(2)10(16)18-6/h7H,2H2,1,3-6H3,(H,13,15)(H,14,17)/t7-/m1/s1. The van der Waals surface area contributed by atoms with Crippen LogP contribution in [0.15, 0.2) is 12.3 Å². The first-order valence-electron chi connectivity index (χ1n) is 5.64. The maximum atomic E-state index is 11.6. The molecule has 0 radical (unpaired) electrons. The highest BCUT2D eigenvalue weighted by Crippen LogP contribution is 2.06. The van der Waals surface area contributed by atoms with Crippen LogP contribution in [0, 0.1) is 0 Å². The zero-order chi connectivity index (χ0) is 15.2. The second kappa shape index (κ2) is 6.77. The second-order valence-corrected chi connectivity index (χ2v) is 4.83. The van der Waals surface area contributed by atoms with Crippen molar-refractivity contribution in [2.75, 3.05) is 7.11 Å². The van der Waals surface area contributed by atoms with Crippen LogP contribution in [0.1, 0.15) is 27.7 Å². The normalized spacial score (nSPS) is 12.1. The lowest BCUT2D eigenvalue weighted by Crippen LogP contribution is -2.46. The Morgan fingerprint density at radius 3 is 2.16 bits per heavy atom. The van der Waals surface area contributed by atoms with Crippen LogP contribution in [0.4, 0.5) is 4.79 Å². The van der Waals surface area contributed by atoms with Gasteiger partial charge in [-0.05, 0) is 27.7 Å². The van der Waals surface area contributed by atoms with Gasteiger partial charge in [-0.2, -0.15) is 0 Å². The smallest absolute Gasteiger partial charge is 0.408 e. The molecule has 0 aliphatic rings. The Bertz CT molecular complexity index is 384. The zero-order valence-corrected chi connectivity index (χ0v) is 11.8. The van der Waals surface area contributed by atoms with Crippen molar-refractivity contribution in [1.82, 2.24) is 10.6 Å². The lowest BCUT2D eigenvalue weighted by atomic mass is 10.2. The Balaban J connectivity index is 4.32. The van der Waals surface area contributed by atoms with E-state index >= 15 is 0 Å². The first-order valence-corrected chi connectivity index (χ1v) is 5.64. The van der Waals surface area contributed by atoms with E-state index in [4.69, 9.17) is 4.74 Å². The van der Waals surface area contributed by atoms with E-state index in [1.165, 1.54) is 14.0 Å². The van der Waals surface area contributed by atoms with Gasteiger partial charge in [0.1, 0.15) is 17.3 Å². The van der Waals surface area contributed by atoms with Gasteiger partial charge in [-0.25, -0.2) is 9.59 Å². The van der Waals surface area contributed by atoms with Gasteiger partial charge in [0.05, 0.1) is 7.11 Å². The number of nitrogens with one attached hydrogen (secondary N) is 2. The van der Waals surface area contributed by atoms with E-state index in [-0.39, 0.29) is 5.70 Å². The number of esters is 1. The highest BCUT2D eigenvalue weighted by molar-refractivity contribution is 5.95. The minimum absolute atomic E-state index is 0.203. The molecule has 0 bridgehead atoms. The summed E-state index contributed by atoms with van der Waals surface area (Å²) in [6.45, 7) is 9.90. The highest BCUT2D eigenvalue weighted by atomic mass is 16.6. The van der Waals surface area contributed by atoms with Crippen LogP contribution < -0.4 is 10.6 Å². The molecule has 0 fully saturated rings. The van der Waals surface area contributed by atoms with E-state index in [2.05, 4.69) is 21.9 Å². The SMILES string of the molecule is C=C(NC(=O)[C@@H](C)NC(=O)OC(C)(C)C)C(=O)OC. The molecule has 2 N–H and O–H groups in total. The van der Waals surface area contributed by atoms with Gasteiger partial charge in [-0.1, -0.05) is 6.58 Å². The molecule has 0 aromatic heterocycles. The Hall–Kier alpha value is -2.05. The molecule has 0 aromatic rings. The molecule has 0 saturated carbocycles. The number of amides is 2. The molecule has 0 unspecified atom stereocenters. The maximum absolute atomic E-state index is 11.6. The Kier molecular flexibility index (Phi) is 6.04. The molecule has 0 aliphatic carbocycles. The summed E-state index contributed by atoms with van der Waals surface area (Å²) in [6, 6.07) is -0.878. The van der Waals surface area contributed by atoms with Crippen molar-refractivity contribution in [3.8, 4) is 0 Å². The zero-order valence-electron chi connectivity index (χ0n) is 11.8. The van der Waals surface area contributed by atoms with E-state index < -0.39 is 29.6 Å². The Morgan fingerprint density at radius 2 is 1.74 bits per heavy atom. The number of ether oxygens (including phenoxy) is 2. The molecule has 0 rings (SSSR count). The highest BCUT2D eigenvalue weighted by Gasteiger charge is 2.22. The second-order valence-electron chi connectivity index (χ2n) is 4.83. The van der Waals surface area contributed by atoms with Gasteiger partial charge < -0.3 is 20.1 Å². The van der Waals surface area contributed by atoms with Crippen LogP contribution in [0.25, 0.3) is 0 Å². The summed E-state index contributed by atoms with van der Waals surface area (Å²) in [5, 5.41) is 4.55. The topological polar surface area (TPSA) is 93.7 Å². The molecule has 0 aromatic carbocycles. The fraction of sp³-hybridized carbons (Fsp3) is 0.583. The third-order valence-electron chi connectivity index (χ3n) is 1.83. The monoisotopic (exact) mass is 272 g/mol. The number of hydrogen-bond acceptors (Lipinski definition) is 5. The van der Waals surface area contributed by atoms with E-state index in [0.29, 0.717) is 0 Å². The largest absolute Gasteiger partial charge is 0.464 e. The van der Waals surface area contributed by atoms with E-state index in [9.17, 15) is 14.4 Å². The van der Waals surface area contributed by atoms with Gasteiger partial charge in [0, 0.05) is 0 Å². The third kappa shape index (κ3) is 7.07. The van der Waals surface area contributed by atoms with Gasteiger partial charge in [-0.15, -0.1) is 0 Å². The van der Waals surface area contributed by atoms with Crippen molar-refractivity contribution < 1.29 is 23.9 Å². The number of alkyl carbamates (subject to hydrolysis) is 1. The molecule has 0 saturated heterocycles. The van der Waals surface area contributed by atoms with Crippen molar-refractivity contribution in [1.29, 1.82) is 0 Å². The van der Waals surface area contributed by atoms with Crippen molar-refractivity contribution in [3.05, 3.63) is 12.3 Å². The van der Waals surface area contributed by atoms with E-state index in [1.54, 1.807) is 20.8 Å². The lowest BCUT2D eigenvalue weighted by Gasteiger charge is -2.21. The van der Waals surface area contributed by atoms with Gasteiger partial charge >= 0.3 is 12.1 Å². The van der Waals surface area contributed by atoms with Crippen molar-refractivity contribution in [2.45, 2.75) is 39.3 Å². The molecular formula is C12H20N2O5.